The summed E-state index contributed by atoms with van der Waals surface area (Å²) in [7, 11) is 0.455. The van der Waals surface area contributed by atoms with Crippen LogP contribution in [0.15, 0.2) is 40.1 Å². The van der Waals surface area contributed by atoms with E-state index in [1.807, 2.05) is 31.1 Å². The second-order valence-corrected chi connectivity index (χ2v) is 8.61. The molecular weight excluding hydrogens is 318 g/mol. The fourth-order valence-corrected chi connectivity index (χ4v) is 5.57. The molecule has 0 radical (unpaired) electrons. The number of thiophene rings is 1. The van der Waals surface area contributed by atoms with Crippen LogP contribution < -0.4 is 4.90 Å². The second-order valence-electron chi connectivity index (χ2n) is 5.55. The van der Waals surface area contributed by atoms with Gasteiger partial charge in [-0.2, -0.15) is 4.31 Å². The summed E-state index contributed by atoms with van der Waals surface area (Å²) in [6.45, 7) is 0.574. The molecule has 5 nitrogen and oxygen atoms in total. The monoisotopic (exact) mass is 337 g/mol. The van der Waals surface area contributed by atoms with E-state index in [2.05, 4.69) is 4.98 Å². The number of anilines is 1. The van der Waals surface area contributed by atoms with Crippen molar-refractivity contribution in [2.24, 2.45) is 0 Å². The first-order valence-electron chi connectivity index (χ1n) is 7.19. The van der Waals surface area contributed by atoms with Crippen LogP contribution >= 0.6 is 11.3 Å². The molecule has 0 aromatic carbocycles. The molecule has 3 rings (SSSR count). The van der Waals surface area contributed by atoms with Crippen molar-refractivity contribution < 1.29 is 8.42 Å². The van der Waals surface area contributed by atoms with E-state index in [-0.39, 0.29) is 6.04 Å². The van der Waals surface area contributed by atoms with Gasteiger partial charge in [0.25, 0.3) is 10.0 Å². The Morgan fingerprint density at radius 2 is 2.18 bits per heavy atom. The fourth-order valence-electron chi connectivity index (χ4n) is 2.77. The SMILES string of the molecule is CN(C)c1cc(C2CCCN2S(=O)(=O)c2cccs2)ccn1. The zero-order chi connectivity index (χ0) is 15.7. The number of rotatable bonds is 4. The molecule has 0 bridgehead atoms. The topological polar surface area (TPSA) is 53.5 Å². The van der Waals surface area contributed by atoms with Gasteiger partial charge in [0, 0.05) is 26.8 Å². The van der Waals surface area contributed by atoms with E-state index in [1.165, 1.54) is 11.3 Å². The molecule has 0 N–H and O–H groups in total. The van der Waals surface area contributed by atoms with Crippen molar-refractivity contribution in [3.63, 3.8) is 0 Å². The fraction of sp³-hybridized carbons (Fsp3) is 0.400. The molecule has 1 aliphatic heterocycles. The van der Waals surface area contributed by atoms with Gasteiger partial charge in [0.2, 0.25) is 0 Å². The summed E-state index contributed by atoms with van der Waals surface area (Å²) in [4.78, 5) is 6.23. The quantitative estimate of drug-likeness (QED) is 0.861. The maximum absolute atomic E-state index is 12.8. The molecule has 2 aromatic rings. The number of nitrogens with zero attached hydrogens (tertiary/aromatic N) is 3. The van der Waals surface area contributed by atoms with Gasteiger partial charge in [-0.05, 0) is 42.0 Å². The number of aromatic nitrogens is 1. The first kappa shape index (κ1) is 15.5. The van der Waals surface area contributed by atoms with E-state index in [0.29, 0.717) is 10.8 Å². The van der Waals surface area contributed by atoms with Gasteiger partial charge in [0.05, 0.1) is 6.04 Å². The van der Waals surface area contributed by atoms with Gasteiger partial charge in [0.15, 0.2) is 0 Å². The Kier molecular flexibility index (Phi) is 4.20. The lowest BCUT2D eigenvalue weighted by Crippen LogP contribution is -2.30. The Hall–Kier alpha value is -1.44. The molecule has 0 aliphatic carbocycles. The molecule has 1 aliphatic rings. The van der Waals surface area contributed by atoms with Crippen LogP contribution in [0.1, 0.15) is 24.4 Å². The summed E-state index contributed by atoms with van der Waals surface area (Å²) in [6, 6.07) is 7.24. The summed E-state index contributed by atoms with van der Waals surface area (Å²) in [5.41, 5.74) is 1.01. The smallest absolute Gasteiger partial charge is 0.253 e. The third-order valence-electron chi connectivity index (χ3n) is 3.87. The van der Waals surface area contributed by atoms with Crippen LogP contribution in [-0.2, 0) is 10.0 Å². The maximum Gasteiger partial charge on any atom is 0.253 e. The standard InChI is InChI=1S/C15H19N3O2S2/c1-17(2)14-11-12(7-8-16-14)13-5-3-9-18(13)22(19,20)15-6-4-10-21-15/h4,6-8,10-11,13H,3,5,9H2,1-2H3. The second kappa shape index (κ2) is 5.98. The maximum atomic E-state index is 12.8. The van der Waals surface area contributed by atoms with Gasteiger partial charge in [-0.15, -0.1) is 11.3 Å². The summed E-state index contributed by atoms with van der Waals surface area (Å²) in [5, 5.41) is 1.80. The van der Waals surface area contributed by atoms with Gasteiger partial charge >= 0.3 is 0 Å². The number of sulfonamides is 1. The van der Waals surface area contributed by atoms with E-state index in [1.54, 1.807) is 28.0 Å². The third kappa shape index (κ3) is 2.76. The first-order chi connectivity index (χ1) is 10.5. The lowest BCUT2D eigenvalue weighted by Gasteiger charge is -2.24. The lowest BCUT2D eigenvalue weighted by atomic mass is 10.1. The Labute approximate surface area is 135 Å². The van der Waals surface area contributed by atoms with E-state index >= 15 is 0 Å². The Morgan fingerprint density at radius 1 is 1.36 bits per heavy atom. The van der Waals surface area contributed by atoms with Gasteiger partial charge in [-0.3, -0.25) is 0 Å². The predicted molar refractivity (Wildman–Crippen MR) is 88.7 cm³/mol. The summed E-state index contributed by atoms with van der Waals surface area (Å²) >= 11 is 1.27. The van der Waals surface area contributed by atoms with Crippen LogP contribution in [-0.4, -0.2) is 38.3 Å². The highest BCUT2D eigenvalue weighted by Crippen LogP contribution is 2.37. The molecule has 3 heterocycles. The minimum atomic E-state index is -3.41. The summed E-state index contributed by atoms with van der Waals surface area (Å²) < 4.78 is 27.7. The van der Waals surface area contributed by atoms with Crippen LogP contribution in [0.2, 0.25) is 0 Å². The van der Waals surface area contributed by atoms with Crippen LogP contribution in [0.3, 0.4) is 0 Å². The normalized spacial score (nSPS) is 19.5. The Bertz CT molecular complexity index is 742. The highest BCUT2D eigenvalue weighted by Gasteiger charge is 2.36. The van der Waals surface area contributed by atoms with Gasteiger partial charge in [-0.1, -0.05) is 6.07 Å². The minimum Gasteiger partial charge on any atom is -0.363 e. The molecule has 1 fully saturated rings. The Morgan fingerprint density at radius 3 is 2.86 bits per heavy atom. The minimum absolute atomic E-state index is 0.103. The van der Waals surface area contributed by atoms with E-state index in [0.717, 1.165) is 24.2 Å². The van der Waals surface area contributed by atoms with Crippen LogP contribution in [0.25, 0.3) is 0 Å². The zero-order valence-corrected chi connectivity index (χ0v) is 14.3. The largest absolute Gasteiger partial charge is 0.363 e. The molecule has 1 unspecified atom stereocenters. The van der Waals surface area contributed by atoms with Crippen LogP contribution in [0, 0.1) is 0 Å². The van der Waals surface area contributed by atoms with E-state index < -0.39 is 10.0 Å². The number of hydrogen-bond acceptors (Lipinski definition) is 5. The molecule has 7 heteroatoms. The summed E-state index contributed by atoms with van der Waals surface area (Å²) in [5.74, 6) is 0.845. The first-order valence-corrected chi connectivity index (χ1v) is 9.51. The van der Waals surface area contributed by atoms with Gasteiger partial charge in [0.1, 0.15) is 10.0 Å². The molecule has 118 valence electrons. The van der Waals surface area contributed by atoms with Gasteiger partial charge < -0.3 is 4.90 Å². The third-order valence-corrected chi connectivity index (χ3v) is 7.16. The molecule has 0 spiro atoms. The van der Waals surface area contributed by atoms with Crippen molar-refractivity contribution in [2.75, 3.05) is 25.5 Å². The average Bonchev–Trinajstić information content (AvgIpc) is 3.19. The van der Waals surface area contributed by atoms with Crippen molar-refractivity contribution in [3.8, 4) is 0 Å². The lowest BCUT2D eigenvalue weighted by molar-refractivity contribution is 0.397. The van der Waals surface area contributed by atoms with Gasteiger partial charge in [-0.25, -0.2) is 13.4 Å². The van der Waals surface area contributed by atoms with E-state index in [9.17, 15) is 8.42 Å². The highest BCUT2D eigenvalue weighted by atomic mass is 32.2. The van der Waals surface area contributed by atoms with Crippen LogP contribution in [0.5, 0.6) is 0 Å². The van der Waals surface area contributed by atoms with Crippen molar-refractivity contribution in [2.45, 2.75) is 23.1 Å². The molecule has 0 amide bonds. The average molecular weight is 337 g/mol. The predicted octanol–water partition coefficient (Wildman–Crippen LogP) is 2.73. The van der Waals surface area contributed by atoms with Crippen molar-refractivity contribution in [3.05, 3.63) is 41.4 Å². The highest BCUT2D eigenvalue weighted by molar-refractivity contribution is 7.91. The zero-order valence-electron chi connectivity index (χ0n) is 12.6. The van der Waals surface area contributed by atoms with Crippen molar-refractivity contribution >= 4 is 27.2 Å². The van der Waals surface area contributed by atoms with Crippen molar-refractivity contribution in [1.29, 1.82) is 0 Å². The van der Waals surface area contributed by atoms with Crippen LogP contribution in [0.4, 0.5) is 5.82 Å². The molecule has 1 atom stereocenters. The van der Waals surface area contributed by atoms with Crippen molar-refractivity contribution in [1.82, 2.24) is 9.29 Å². The molecule has 1 saturated heterocycles. The molecular formula is C15H19N3O2S2. The number of hydrogen-bond donors (Lipinski definition) is 0. The molecule has 0 saturated carbocycles. The number of pyridine rings is 1. The Balaban J connectivity index is 1.96. The van der Waals surface area contributed by atoms with E-state index in [4.69, 9.17) is 0 Å². The summed E-state index contributed by atoms with van der Waals surface area (Å²) in [6.07, 6.45) is 3.48. The molecule has 22 heavy (non-hydrogen) atoms. The molecule has 2 aromatic heterocycles.